The van der Waals surface area contributed by atoms with Crippen molar-refractivity contribution in [1.82, 2.24) is 15.0 Å². The number of hydrogen-bond acceptors (Lipinski definition) is 20. The van der Waals surface area contributed by atoms with E-state index in [1.807, 2.05) is 0 Å². The molecule has 66 heavy (non-hydrogen) atoms. The monoisotopic (exact) mass is 1080 g/mol. The molecular formula is C32H27ClCuN9O18S5-. The number of carboxylic acids is 1. The molecule has 34 heteroatoms. The average Bonchev–Trinajstić information content (AvgIpc) is 3.18. The van der Waals surface area contributed by atoms with Crippen LogP contribution < -0.4 is 10.6 Å². The summed E-state index contributed by atoms with van der Waals surface area (Å²) in [4.78, 5) is 19.3. The van der Waals surface area contributed by atoms with Gasteiger partial charge in [-0.05, 0) is 48.0 Å². The van der Waals surface area contributed by atoms with E-state index in [4.69, 9.17) is 11.6 Å². The Kier molecular flexibility index (Phi) is 16.2. The summed E-state index contributed by atoms with van der Waals surface area (Å²) >= 11 is 6.05. The minimum Gasteiger partial charge on any atom is -0.571 e. The Balaban J connectivity index is 0.00000952. The van der Waals surface area contributed by atoms with Crippen molar-refractivity contribution in [2.45, 2.75) is 19.6 Å². The van der Waals surface area contributed by atoms with Crippen molar-refractivity contribution >= 4 is 114 Å². The van der Waals surface area contributed by atoms with Crippen molar-refractivity contribution in [2.24, 2.45) is 15.3 Å². The van der Waals surface area contributed by atoms with Gasteiger partial charge in [-0.2, -0.15) is 40.2 Å². The SMILES string of the molecule is C=S(=O)(O)OCCS(=O)(=O)c1cc(Nc2nc(Cl)nc(Nc3cc(S(=O)(=O)O)cc([N-]N=C(N=Nc4cc(S(=O)(=O)O)ccc4C(=O)O)c4ccccc4)c3O)n2)c(O)c(S(=O)(=O)O)c1.[Cu]. The number of phenolic OH excluding ortho intramolecular Hbond substituents is 2. The first-order chi connectivity index (χ1) is 30.0. The van der Waals surface area contributed by atoms with E-state index in [0.29, 0.717) is 30.3 Å². The fourth-order valence-corrected chi connectivity index (χ4v) is 8.40. The third-order valence-electron chi connectivity index (χ3n) is 7.80. The molecule has 0 spiro atoms. The Morgan fingerprint density at radius 2 is 1.32 bits per heavy atom. The number of aromatic hydroxyl groups is 2. The fraction of sp³-hybridized carbons (Fsp3) is 0.0625. The van der Waals surface area contributed by atoms with Crippen molar-refractivity contribution in [1.29, 1.82) is 0 Å². The predicted molar refractivity (Wildman–Crippen MR) is 227 cm³/mol. The molecule has 0 aliphatic carbocycles. The minimum atomic E-state index is -5.36. The van der Waals surface area contributed by atoms with E-state index in [9.17, 15) is 76.2 Å². The zero-order valence-electron chi connectivity index (χ0n) is 32.0. The Bertz CT molecular complexity index is 3370. The minimum absolute atomic E-state index is 0. The summed E-state index contributed by atoms with van der Waals surface area (Å²) in [6, 6.07) is 12.0. The number of amidine groups is 1. The van der Waals surface area contributed by atoms with Gasteiger partial charge in [0.2, 0.25) is 17.2 Å². The van der Waals surface area contributed by atoms with Crippen LogP contribution >= 0.6 is 11.6 Å². The number of aromatic nitrogens is 3. The fourth-order valence-electron chi connectivity index (χ4n) is 4.92. The molecule has 357 valence electrons. The summed E-state index contributed by atoms with van der Waals surface area (Å²) in [7, 11) is -24.1. The smallest absolute Gasteiger partial charge is 0.337 e. The molecule has 9 N–H and O–H groups in total. The second-order valence-corrected chi connectivity index (χ2v) is 20.5. The van der Waals surface area contributed by atoms with Crippen molar-refractivity contribution in [2.75, 3.05) is 23.0 Å². The Morgan fingerprint density at radius 3 is 1.86 bits per heavy atom. The van der Waals surface area contributed by atoms with Crippen molar-refractivity contribution < 1.29 is 97.5 Å². The molecule has 1 atom stereocenters. The Hall–Kier alpha value is -5.94. The maximum absolute atomic E-state index is 13.0. The number of rotatable bonds is 17. The molecule has 1 heterocycles. The van der Waals surface area contributed by atoms with Crippen LogP contribution in [0.1, 0.15) is 15.9 Å². The van der Waals surface area contributed by atoms with Gasteiger partial charge in [0.25, 0.3) is 30.4 Å². The number of carbonyl (C=O) groups is 1. The second kappa shape index (κ2) is 20.3. The number of phenols is 2. The summed E-state index contributed by atoms with van der Waals surface area (Å²) in [6.45, 7) is -0.914. The van der Waals surface area contributed by atoms with Crippen LogP contribution in [0.5, 0.6) is 11.5 Å². The van der Waals surface area contributed by atoms with Crippen LogP contribution in [0.25, 0.3) is 5.43 Å². The Labute approximate surface area is 388 Å². The molecule has 0 saturated heterocycles. The van der Waals surface area contributed by atoms with E-state index in [-0.39, 0.29) is 22.6 Å². The first-order valence-corrected chi connectivity index (χ1v) is 24.7. The molecule has 1 radical (unpaired) electrons. The largest absolute Gasteiger partial charge is 0.571 e. The average molecular weight is 1080 g/mol. The maximum Gasteiger partial charge on any atom is 0.337 e. The summed E-state index contributed by atoms with van der Waals surface area (Å²) in [5.74, 6) is -3.92. The van der Waals surface area contributed by atoms with Gasteiger partial charge in [-0.3, -0.25) is 22.4 Å². The standard InChI is InChI=1S/C32H28ClN9O18S5.Cu/c1-61(47,48)60-9-10-62(49,50)18-12-23(27(44)25(15-18)65(57,58)59)35-32-37-30(33)36-31(38-32)34-22-13-19(64(54,55)56)14-24(26(22)43)40-42-28(16-5-3-2-4-6-16)41-39-21-11-17(63(51,52)53)7-8-20(21)29(45)46;/h2-8,11-15H,1,9-10H2,(H10,34,35,36,37,38,39,40,41,42,43,44,45,46,47,48,51,52,53,54,55,56,57,58,59);/p-1. The van der Waals surface area contributed by atoms with E-state index >= 15 is 0 Å². The topological polar surface area (TPSA) is 435 Å². The van der Waals surface area contributed by atoms with Crippen molar-refractivity contribution in [3.63, 3.8) is 0 Å². The number of carboxylic acid groups (broad SMARTS) is 1. The van der Waals surface area contributed by atoms with E-state index in [2.05, 4.69) is 56.4 Å². The van der Waals surface area contributed by atoms with Crippen LogP contribution in [-0.4, -0.2) is 116 Å². The molecule has 0 fully saturated rings. The first kappa shape index (κ1) is 52.7. The molecule has 0 aliphatic rings. The number of halogens is 1. The van der Waals surface area contributed by atoms with Crippen molar-refractivity contribution in [3.8, 4) is 11.5 Å². The van der Waals surface area contributed by atoms with Gasteiger partial charge in [0.05, 0.1) is 44.0 Å². The van der Waals surface area contributed by atoms with Crippen LogP contribution in [0.3, 0.4) is 0 Å². The van der Waals surface area contributed by atoms with Gasteiger partial charge in [-0.25, -0.2) is 17.4 Å². The van der Waals surface area contributed by atoms with Crippen LogP contribution in [0, 0.1) is 0 Å². The van der Waals surface area contributed by atoms with E-state index in [0.717, 1.165) is 12.1 Å². The number of benzene rings is 4. The maximum atomic E-state index is 13.0. The summed E-state index contributed by atoms with van der Waals surface area (Å²) < 4.78 is 152. The number of anilines is 4. The molecule has 0 aliphatic heterocycles. The van der Waals surface area contributed by atoms with Crippen LogP contribution in [0.15, 0.2) is 108 Å². The number of hydrogen-bond donors (Lipinski definition) is 9. The van der Waals surface area contributed by atoms with Crippen molar-refractivity contribution in [3.05, 3.63) is 94.6 Å². The van der Waals surface area contributed by atoms with Gasteiger partial charge < -0.3 is 36.5 Å². The predicted octanol–water partition coefficient (Wildman–Crippen LogP) is 3.90. The van der Waals surface area contributed by atoms with Gasteiger partial charge in [0, 0.05) is 28.5 Å². The summed E-state index contributed by atoms with van der Waals surface area (Å²) in [5, 5.41) is 47.0. The third-order valence-corrected chi connectivity index (χ3v) is 12.7. The van der Waals surface area contributed by atoms with Gasteiger partial charge in [-0.1, -0.05) is 42.1 Å². The molecule has 0 amide bonds. The number of aromatic carboxylic acids is 1. The molecule has 4 aromatic carbocycles. The number of sulfone groups is 1. The number of nitrogens with zero attached hydrogens (tertiary/aromatic N) is 7. The Morgan fingerprint density at radius 1 is 0.742 bits per heavy atom. The first-order valence-electron chi connectivity index (χ1n) is 16.7. The van der Waals surface area contributed by atoms with Crippen LogP contribution in [0.4, 0.5) is 34.6 Å². The zero-order valence-corrected chi connectivity index (χ0v) is 37.8. The molecule has 5 aromatic rings. The molecule has 1 unspecified atom stereocenters. The van der Waals surface area contributed by atoms with E-state index in [1.54, 1.807) is 6.07 Å². The quantitative estimate of drug-likeness (QED) is 0.00931. The second-order valence-electron chi connectivity index (χ2n) is 12.4. The summed E-state index contributed by atoms with van der Waals surface area (Å²) in [5.41, 5.74) is 0.605. The molecule has 0 saturated carbocycles. The molecule has 1 aromatic heterocycles. The van der Waals surface area contributed by atoms with Crippen LogP contribution in [-0.2, 0) is 71.5 Å². The van der Waals surface area contributed by atoms with Gasteiger partial charge >= 0.3 is 5.97 Å². The summed E-state index contributed by atoms with van der Waals surface area (Å²) in [6.07, 6.45) is 0. The normalized spacial score (nSPS) is 13.4. The van der Waals surface area contributed by atoms with Crippen LogP contribution in [0.2, 0.25) is 5.28 Å². The van der Waals surface area contributed by atoms with Gasteiger partial charge in [-0.15, -0.1) is 10.2 Å². The number of azo groups is 1. The molecule has 27 nitrogen and oxygen atoms in total. The third kappa shape index (κ3) is 13.8. The number of nitrogens with one attached hydrogen (secondary N) is 2. The van der Waals surface area contributed by atoms with E-state index < -0.39 is 151 Å². The van der Waals surface area contributed by atoms with Gasteiger partial charge in [0.1, 0.15) is 16.3 Å². The van der Waals surface area contributed by atoms with Gasteiger partial charge in [0.15, 0.2) is 31.5 Å². The molecule has 0 bridgehead atoms. The molecule has 5 rings (SSSR count). The zero-order chi connectivity index (χ0) is 48.3. The van der Waals surface area contributed by atoms with E-state index in [1.165, 1.54) is 24.3 Å². The molecular weight excluding hydrogens is 1060 g/mol.